The van der Waals surface area contributed by atoms with E-state index in [2.05, 4.69) is 46.3 Å². The van der Waals surface area contributed by atoms with E-state index in [1.807, 2.05) is 6.92 Å². The molecule has 4 aromatic heterocycles. The monoisotopic (exact) mass is 499 g/mol. The van der Waals surface area contributed by atoms with Crippen LogP contribution in [0.15, 0.2) is 53.7 Å². The molecule has 8 nitrogen and oxygen atoms in total. The molecular weight excluding hydrogens is 489 g/mol. The lowest BCUT2D eigenvalue weighted by molar-refractivity contribution is 0.473. The van der Waals surface area contributed by atoms with Crippen LogP contribution in [0.25, 0.3) is 16.7 Å². The zero-order valence-corrected chi connectivity index (χ0v) is 18.2. The van der Waals surface area contributed by atoms with E-state index in [1.165, 1.54) is 18.7 Å². The summed E-state index contributed by atoms with van der Waals surface area (Å²) in [6, 6.07) is 8.12. The summed E-state index contributed by atoms with van der Waals surface area (Å²) in [5, 5.41) is 7.27. The molecule has 4 heterocycles. The number of hydrogen-bond acceptors (Lipinski definition) is 7. The lowest BCUT2D eigenvalue weighted by atomic mass is 10.2. The number of hydrogen-bond donors (Lipinski definition) is 1. The van der Waals surface area contributed by atoms with Crippen LogP contribution < -0.4 is 10.1 Å². The van der Waals surface area contributed by atoms with E-state index in [4.69, 9.17) is 16.3 Å². The van der Waals surface area contributed by atoms with Crippen molar-refractivity contribution in [1.29, 1.82) is 0 Å². The molecule has 0 unspecified atom stereocenters. The molecule has 1 N–H and O–H groups in total. The third-order valence-electron chi connectivity index (χ3n) is 4.52. The number of rotatable bonds is 4. The number of benzene rings is 1. The molecule has 11 heteroatoms. The number of anilines is 2. The highest BCUT2D eigenvalue weighted by atomic mass is 79.9. The molecule has 0 spiro atoms. The lowest BCUT2D eigenvalue weighted by Crippen LogP contribution is -2.01. The molecule has 154 valence electrons. The fraction of sp³-hybridized carbons (Fsp3) is 0.0500. The first-order valence-corrected chi connectivity index (χ1v) is 10.2. The van der Waals surface area contributed by atoms with E-state index in [0.717, 1.165) is 5.56 Å². The molecule has 31 heavy (non-hydrogen) atoms. The lowest BCUT2D eigenvalue weighted by Gasteiger charge is -2.13. The fourth-order valence-corrected chi connectivity index (χ4v) is 3.46. The first-order chi connectivity index (χ1) is 15.0. The third-order valence-corrected chi connectivity index (χ3v) is 5.64. The summed E-state index contributed by atoms with van der Waals surface area (Å²) in [6.45, 7) is 1.82. The van der Waals surface area contributed by atoms with Gasteiger partial charge in [-0.05, 0) is 46.6 Å². The van der Waals surface area contributed by atoms with Crippen molar-refractivity contribution < 1.29 is 9.13 Å². The summed E-state index contributed by atoms with van der Waals surface area (Å²) in [4.78, 5) is 16.8. The van der Waals surface area contributed by atoms with Gasteiger partial charge in [0.05, 0.1) is 15.7 Å². The second kappa shape index (κ2) is 7.71. The van der Waals surface area contributed by atoms with Gasteiger partial charge in [0.25, 0.3) is 0 Å². The van der Waals surface area contributed by atoms with Gasteiger partial charge in [0.1, 0.15) is 40.6 Å². The van der Waals surface area contributed by atoms with Gasteiger partial charge in [-0.3, -0.25) is 0 Å². The largest absolute Gasteiger partial charge is 0.457 e. The Morgan fingerprint density at radius 1 is 1.13 bits per heavy atom. The SMILES string of the molecule is Cc1cc(Nc2ncnc3cc(Br)c(Cl)nc23)c(F)cc1Oc1ccn2ncnc2c1. The number of pyridine rings is 2. The Bertz CT molecular complexity index is 1460. The maximum Gasteiger partial charge on any atom is 0.160 e. The van der Waals surface area contributed by atoms with Crippen molar-refractivity contribution >= 4 is 55.7 Å². The standard InChI is InChI=1S/C20H12BrClFN7O/c1-10-4-14(28-20-18-15(24-8-26-20)6-12(21)19(22)29-18)13(23)7-16(10)31-11-2-3-30-17(5-11)25-9-27-30/h2-9H,1H3,(H,24,26,28). The highest BCUT2D eigenvalue weighted by molar-refractivity contribution is 9.10. The quantitative estimate of drug-likeness (QED) is 0.327. The smallest absolute Gasteiger partial charge is 0.160 e. The first kappa shape index (κ1) is 19.6. The van der Waals surface area contributed by atoms with E-state index in [9.17, 15) is 4.39 Å². The summed E-state index contributed by atoms with van der Waals surface area (Å²) < 4.78 is 23.0. The van der Waals surface area contributed by atoms with E-state index < -0.39 is 5.82 Å². The number of halogens is 3. The molecule has 0 atom stereocenters. The Morgan fingerprint density at radius 3 is 2.87 bits per heavy atom. The van der Waals surface area contributed by atoms with E-state index >= 15 is 0 Å². The van der Waals surface area contributed by atoms with Gasteiger partial charge in [-0.25, -0.2) is 28.8 Å². The van der Waals surface area contributed by atoms with Gasteiger partial charge in [0.2, 0.25) is 0 Å². The van der Waals surface area contributed by atoms with Gasteiger partial charge in [-0.1, -0.05) is 11.6 Å². The molecule has 5 aromatic rings. The van der Waals surface area contributed by atoms with Gasteiger partial charge in [0.15, 0.2) is 11.5 Å². The highest BCUT2D eigenvalue weighted by Gasteiger charge is 2.14. The van der Waals surface area contributed by atoms with Crippen LogP contribution in [-0.2, 0) is 0 Å². The molecule has 0 aliphatic heterocycles. The number of aryl methyl sites for hydroxylation is 1. The molecule has 0 radical (unpaired) electrons. The number of aromatic nitrogens is 6. The summed E-state index contributed by atoms with van der Waals surface area (Å²) in [7, 11) is 0. The van der Waals surface area contributed by atoms with Crippen molar-refractivity contribution in [3.63, 3.8) is 0 Å². The summed E-state index contributed by atoms with van der Waals surface area (Å²) in [6.07, 6.45) is 4.54. The number of nitrogens with one attached hydrogen (secondary N) is 1. The molecule has 0 saturated carbocycles. The minimum Gasteiger partial charge on any atom is -0.457 e. The van der Waals surface area contributed by atoms with Crippen LogP contribution in [0.1, 0.15) is 5.56 Å². The minimum absolute atomic E-state index is 0.221. The van der Waals surface area contributed by atoms with E-state index in [1.54, 1.807) is 35.0 Å². The predicted octanol–water partition coefficient (Wildman–Crippen LogP) is 5.47. The van der Waals surface area contributed by atoms with Crippen LogP contribution in [0.5, 0.6) is 11.5 Å². The molecule has 0 fully saturated rings. The zero-order valence-electron chi connectivity index (χ0n) is 15.8. The van der Waals surface area contributed by atoms with Crippen LogP contribution in [0, 0.1) is 12.7 Å². The van der Waals surface area contributed by atoms with Crippen LogP contribution in [-0.4, -0.2) is 29.5 Å². The molecule has 0 saturated heterocycles. The Hall–Kier alpha value is -3.37. The maximum atomic E-state index is 14.9. The van der Waals surface area contributed by atoms with Gasteiger partial charge in [-0.15, -0.1) is 0 Å². The van der Waals surface area contributed by atoms with Crippen LogP contribution in [0.2, 0.25) is 5.15 Å². The van der Waals surface area contributed by atoms with Crippen LogP contribution >= 0.6 is 27.5 Å². The number of fused-ring (bicyclic) bond motifs is 2. The van der Waals surface area contributed by atoms with Crippen molar-refractivity contribution in [1.82, 2.24) is 29.5 Å². The molecule has 5 rings (SSSR count). The van der Waals surface area contributed by atoms with E-state index in [-0.39, 0.29) is 10.8 Å². The van der Waals surface area contributed by atoms with Gasteiger partial charge < -0.3 is 10.1 Å². The highest BCUT2D eigenvalue weighted by Crippen LogP contribution is 2.33. The summed E-state index contributed by atoms with van der Waals surface area (Å²) in [5.74, 6) is 0.724. The van der Waals surface area contributed by atoms with Gasteiger partial charge in [0, 0.05) is 18.3 Å². The van der Waals surface area contributed by atoms with Crippen molar-refractivity contribution in [3.05, 3.63) is 70.2 Å². The molecule has 0 aliphatic rings. The first-order valence-electron chi connectivity index (χ1n) is 8.99. The van der Waals surface area contributed by atoms with Crippen molar-refractivity contribution in [2.75, 3.05) is 5.32 Å². The minimum atomic E-state index is -0.515. The Morgan fingerprint density at radius 2 is 2.00 bits per heavy atom. The van der Waals surface area contributed by atoms with Crippen molar-refractivity contribution in [2.45, 2.75) is 6.92 Å². The molecular formula is C20H12BrClFN7O. The molecule has 0 bridgehead atoms. The Kier molecular flexibility index (Phi) is 4.87. The van der Waals surface area contributed by atoms with E-state index in [0.29, 0.717) is 38.5 Å². The summed E-state index contributed by atoms with van der Waals surface area (Å²) >= 11 is 9.42. The van der Waals surface area contributed by atoms with Gasteiger partial charge in [-0.2, -0.15) is 5.10 Å². The number of ether oxygens (including phenoxy) is 1. The molecule has 0 aliphatic carbocycles. The topological polar surface area (TPSA) is 90.1 Å². The third kappa shape index (κ3) is 3.75. The fourth-order valence-electron chi connectivity index (χ4n) is 3.01. The second-order valence-corrected chi connectivity index (χ2v) is 7.81. The average Bonchev–Trinajstić information content (AvgIpc) is 3.21. The number of nitrogens with zero attached hydrogens (tertiary/aromatic N) is 6. The predicted molar refractivity (Wildman–Crippen MR) is 118 cm³/mol. The van der Waals surface area contributed by atoms with Crippen LogP contribution in [0.4, 0.5) is 15.9 Å². The average molecular weight is 501 g/mol. The van der Waals surface area contributed by atoms with Crippen molar-refractivity contribution in [3.8, 4) is 11.5 Å². The zero-order chi connectivity index (χ0) is 21.5. The molecule has 1 aromatic carbocycles. The summed E-state index contributed by atoms with van der Waals surface area (Å²) in [5.41, 5.74) is 2.56. The second-order valence-electron chi connectivity index (χ2n) is 6.60. The Balaban J connectivity index is 1.47. The normalized spacial score (nSPS) is 11.2. The van der Waals surface area contributed by atoms with Crippen LogP contribution in [0.3, 0.4) is 0 Å². The van der Waals surface area contributed by atoms with Gasteiger partial charge >= 0.3 is 0 Å². The maximum absolute atomic E-state index is 14.9. The molecule has 0 amide bonds. The van der Waals surface area contributed by atoms with Crippen molar-refractivity contribution in [2.24, 2.45) is 0 Å². The Labute approximate surface area is 188 Å².